The molecule has 82 valence electrons. The summed E-state index contributed by atoms with van der Waals surface area (Å²) in [5.74, 6) is 0. The number of nitrogens with two attached hydrogens (primary N) is 1. The summed E-state index contributed by atoms with van der Waals surface area (Å²) in [4.78, 5) is 4.14. The van der Waals surface area contributed by atoms with Crippen molar-refractivity contribution < 1.29 is 0 Å². The van der Waals surface area contributed by atoms with Gasteiger partial charge in [-0.15, -0.1) is 0 Å². The molecule has 2 aromatic rings. The van der Waals surface area contributed by atoms with Crippen molar-refractivity contribution in [3.05, 3.63) is 64.4 Å². The number of hydrogen-bond acceptors (Lipinski definition) is 2. The SMILES string of the molecule is Cc1cncc(C(N)c2ccccc2Cl)c1. The molecule has 2 N–H and O–H groups in total. The van der Waals surface area contributed by atoms with Crippen molar-refractivity contribution in [3.63, 3.8) is 0 Å². The van der Waals surface area contributed by atoms with E-state index in [1.165, 1.54) is 0 Å². The van der Waals surface area contributed by atoms with Crippen molar-refractivity contribution in [2.75, 3.05) is 0 Å². The number of pyridine rings is 1. The van der Waals surface area contributed by atoms with Crippen LogP contribution < -0.4 is 5.73 Å². The predicted octanol–water partition coefficient (Wildman–Crippen LogP) is 3.09. The molecule has 0 bridgehead atoms. The third kappa shape index (κ3) is 2.23. The summed E-state index contributed by atoms with van der Waals surface area (Å²) < 4.78 is 0. The largest absolute Gasteiger partial charge is 0.320 e. The van der Waals surface area contributed by atoms with Crippen LogP contribution in [-0.2, 0) is 0 Å². The van der Waals surface area contributed by atoms with Gasteiger partial charge in [-0.2, -0.15) is 0 Å². The highest BCUT2D eigenvalue weighted by atomic mass is 35.5. The summed E-state index contributed by atoms with van der Waals surface area (Å²) in [6, 6.07) is 9.43. The van der Waals surface area contributed by atoms with Crippen molar-refractivity contribution in [1.29, 1.82) is 0 Å². The van der Waals surface area contributed by atoms with Gasteiger partial charge in [0.15, 0.2) is 0 Å². The average Bonchev–Trinajstić information content (AvgIpc) is 2.29. The Morgan fingerprint density at radius 3 is 2.69 bits per heavy atom. The van der Waals surface area contributed by atoms with Gasteiger partial charge in [0.25, 0.3) is 0 Å². The van der Waals surface area contributed by atoms with Gasteiger partial charge in [0.1, 0.15) is 0 Å². The zero-order chi connectivity index (χ0) is 11.5. The minimum absolute atomic E-state index is 0.221. The summed E-state index contributed by atoms with van der Waals surface area (Å²) in [5, 5.41) is 0.691. The van der Waals surface area contributed by atoms with Crippen LogP contribution in [0.1, 0.15) is 22.7 Å². The zero-order valence-corrected chi connectivity index (χ0v) is 9.78. The first-order valence-corrected chi connectivity index (χ1v) is 5.48. The number of hydrogen-bond donors (Lipinski definition) is 1. The van der Waals surface area contributed by atoms with Crippen LogP contribution in [-0.4, -0.2) is 4.98 Å². The molecule has 0 saturated carbocycles. The smallest absolute Gasteiger partial charge is 0.0581 e. The zero-order valence-electron chi connectivity index (χ0n) is 9.02. The van der Waals surface area contributed by atoms with Crippen LogP contribution in [0.2, 0.25) is 5.02 Å². The first-order chi connectivity index (χ1) is 7.68. The molecule has 0 saturated heterocycles. The molecule has 1 aromatic heterocycles. The maximum absolute atomic E-state index is 6.16. The maximum Gasteiger partial charge on any atom is 0.0581 e. The molecule has 0 fully saturated rings. The minimum atomic E-state index is -0.221. The molecule has 1 unspecified atom stereocenters. The maximum atomic E-state index is 6.16. The highest BCUT2D eigenvalue weighted by Crippen LogP contribution is 2.25. The number of benzene rings is 1. The van der Waals surface area contributed by atoms with Crippen LogP contribution in [0, 0.1) is 6.92 Å². The van der Waals surface area contributed by atoms with Gasteiger partial charge in [0.2, 0.25) is 0 Å². The highest BCUT2D eigenvalue weighted by molar-refractivity contribution is 6.31. The molecule has 2 nitrogen and oxygen atoms in total. The van der Waals surface area contributed by atoms with Gasteiger partial charge in [0, 0.05) is 17.4 Å². The number of rotatable bonds is 2. The molecule has 1 heterocycles. The van der Waals surface area contributed by atoms with E-state index in [4.69, 9.17) is 17.3 Å². The standard InChI is InChI=1S/C13H13ClN2/c1-9-6-10(8-16-7-9)13(15)11-4-2-3-5-12(11)14/h2-8,13H,15H2,1H3. The van der Waals surface area contributed by atoms with Gasteiger partial charge in [0.05, 0.1) is 6.04 Å². The normalized spacial score (nSPS) is 12.4. The predicted molar refractivity (Wildman–Crippen MR) is 66.5 cm³/mol. The van der Waals surface area contributed by atoms with E-state index < -0.39 is 0 Å². The Morgan fingerprint density at radius 2 is 2.00 bits per heavy atom. The fourth-order valence-corrected chi connectivity index (χ4v) is 1.91. The number of aryl methyl sites for hydroxylation is 1. The first kappa shape index (κ1) is 11.1. The van der Waals surface area contributed by atoms with Crippen molar-refractivity contribution in [2.45, 2.75) is 13.0 Å². The summed E-state index contributed by atoms with van der Waals surface area (Å²) in [5.41, 5.74) is 9.17. The van der Waals surface area contributed by atoms with Crippen LogP contribution in [0.15, 0.2) is 42.7 Å². The molecule has 0 amide bonds. The second-order valence-electron chi connectivity index (χ2n) is 3.79. The molecular formula is C13H13ClN2. The monoisotopic (exact) mass is 232 g/mol. The van der Waals surface area contributed by atoms with E-state index in [0.29, 0.717) is 5.02 Å². The molecule has 0 spiro atoms. The van der Waals surface area contributed by atoms with Crippen LogP contribution >= 0.6 is 11.6 Å². The van der Waals surface area contributed by atoms with E-state index in [1.807, 2.05) is 43.5 Å². The summed E-state index contributed by atoms with van der Waals surface area (Å²) in [6.07, 6.45) is 3.59. The second-order valence-corrected chi connectivity index (χ2v) is 4.20. The fourth-order valence-electron chi connectivity index (χ4n) is 1.66. The van der Waals surface area contributed by atoms with Crippen LogP contribution in [0.3, 0.4) is 0 Å². The molecule has 2 rings (SSSR count). The number of nitrogens with zero attached hydrogens (tertiary/aromatic N) is 1. The second kappa shape index (κ2) is 4.64. The van der Waals surface area contributed by atoms with Crippen LogP contribution in [0.4, 0.5) is 0 Å². The highest BCUT2D eigenvalue weighted by Gasteiger charge is 2.12. The lowest BCUT2D eigenvalue weighted by molar-refractivity contribution is 0.861. The lowest BCUT2D eigenvalue weighted by atomic mass is 10.0. The Kier molecular flexibility index (Phi) is 3.22. The van der Waals surface area contributed by atoms with Crippen LogP contribution in [0.25, 0.3) is 0 Å². The first-order valence-electron chi connectivity index (χ1n) is 5.10. The summed E-state index contributed by atoms with van der Waals surface area (Å²) in [6.45, 7) is 2.00. The molecule has 0 aliphatic heterocycles. The average molecular weight is 233 g/mol. The molecule has 3 heteroatoms. The molecule has 0 aliphatic carbocycles. The summed E-state index contributed by atoms with van der Waals surface area (Å²) >= 11 is 6.11. The Bertz CT molecular complexity index is 497. The van der Waals surface area contributed by atoms with Crippen LogP contribution in [0.5, 0.6) is 0 Å². The lowest BCUT2D eigenvalue weighted by Crippen LogP contribution is -2.12. The fraction of sp³-hybridized carbons (Fsp3) is 0.154. The van der Waals surface area contributed by atoms with Gasteiger partial charge >= 0.3 is 0 Å². The summed E-state index contributed by atoms with van der Waals surface area (Å²) in [7, 11) is 0. The Hall–Kier alpha value is -1.38. The molecule has 1 atom stereocenters. The lowest BCUT2D eigenvalue weighted by Gasteiger charge is -2.14. The molecule has 0 radical (unpaired) electrons. The van der Waals surface area contributed by atoms with E-state index in [9.17, 15) is 0 Å². The Labute approximate surface area is 100 Å². The van der Waals surface area contributed by atoms with E-state index in [1.54, 1.807) is 6.20 Å². The molecule has 0 aliphatic rings. The van der Waals surface area contributed by atoms with E-state index in [0.717, 1.165) is 16.7 Å². The Balaban J connectivity index is 2.39. The van der Waals surface area contributed by atoms with Gasteiger partial charge in [-0.3, -0.25) is 4.98 Å². The van der Waals surface area contributed by atoms with Gasteiger partial charge in [-0.05, 0) is 29.7 Å². The van der Waals surface area contributed by atoms with Crippen molar-refractivity contribution in [2.24, 2.45) is 5.73 Å². The topological polar surface area (TPSA) is 38.9 Å². The van der Waals surface area contributed by atoms with E-state index in [-0.39, 0.29) is 6.04 Å². The minimum Gasteiger partial charge on any atom is -0.320 e. The number of halogens is 1. The Morgan fingerprint density at radius 1 is 1.25 bits per heavy atom. The van der Waals surface area contributed by atoms with Gasteiger partial charge in [-0.1, -0.05) is 35.9 Å². The van der Waals surface area contributed by atoms with E-state index >= 15 is 0 Å². The third-order valence-electron chi connectivity index (χ3n) is 2.50. The molecule has 1 aromatic carbocycles. The van der Waals surface area contributed by atoms with E-state index in [2.05, 4.69) is 4.98 Å². The number of aromatic nitrogens is 1. The quantitative estimate of drug-likeness (QED) is 0.864. The molecule has 16 heavy (non-hydrogen) atoms. The van der Waals surface area contributed by atoms with Crippen molar-refractivity contribution in [3.8, 4) is 0 Å². The van der Waals surface area contributed by atoms with Gasteiger partial charge < -0.3 is 5.73 Å². The molecular weight excluding hydrogens is 220 g/mol. The third-order valence-corrected chi connectivity index (χ3v) is 2.84. The van der Waals surface area contributed by atoms with Crippen molar-refractivity contribution in [1.82, 2.24) is 4.98 Å². The van der Waals surface area contributed by atoms with Crippen molar-refractivity contribution >= 4 is 11.6 Å². The van der Waals surface area contributed by atoms with Gasteiger partial charge in [-0.25, -0.2) is 0 Å².